The van der Waals surface area contributed by atoms with Crippen molar-refractivity contribution in [1.29, 1.82) is 0 Å². The smallest absolute Gasteiger partial charge is 0.414 e. The fourth-order valence-electron chi connectivity index (χ4n) is 4.45. The highest BCUT2D eigenvalue weighted by Crippen LogP contribution is 2.17. The lowest BCUT2D eigenvalue weighted by atomic mass is 10.0. The lowest BCUT2D eigenvalue weighted by Gasteiger charge is -2.36. The van der Waals surface area contributed by atoms with Crippen LogP contribution in [0.1, 0.15) is 38.8 Å². The van der Waals surface area contributed by atoms with Gasteiger partial charge in [-0.05, 0) is 23.0 Å². The van der Waals surface area contributed by atoms with E-state index in [1.807, 2.05) is 88.4 Å². The molecule has 2 heterocycles. The van der Waals surface area contributed by atoms with E-state index >= 15 is 0 Å². The van der Waals surface area contributed by atoms with Crippen LogP contribution in [0.2, 0.25) is 0 Å². The number of carbonyl (C=O) groups is 4. The average Bonchev–Trinajstić information content (AvgIpc) is 2.95. The fraction of sp³-hybridized carbons (Fsp3) is 0.400. The Balaban J connectivity index is 0.000000220. The van der Waals surface area contributed by atoms with Crippen molar-refractivity contribution in [2.75, 3.05) is 13.1 Å². The highest BCUT2D eigenvalue weighted by molar-refractivity contribution is 5.88. The van der Waals surface area contributed by atoms with Crippen LogP contribution in [0.25, 0.3) is 0 Å². The molecule has 0 aliphatic carbocycles. The van der Waals surface area contributed by atoms with Gasteiger partial charge in [0.05, 0.1) is 0 Å². The normalized spacial score (nSPS) is 18.4. The van der Waals surface area contributed by atoms with Crippen LogP contribution in [0, 0.1) is 11.8 Å². The van der Waals surface area contributed by atoms with Crippen molar-refractivity contribution >= 4 is 24.0 Å². The van der Waals surface area contributed by atoms with E-state index in [0.717, 1.165) is 11.1 Å². The van der Waals surface area contributed by atoms with Crippen LogP contribution >= 0.6 is 0 Å². The Hall–Kier alpha value is -4.34. The summed E-state index contributed by atoms with van der Waals surface area (Å²) in [4.78, 5) is 50.8. The Morgan fingerprint density at radius 2 is 1.32 bits per heavy atom. The highest BCUT2D eigenvalue weighted by atomic mass is 16.6. The summed E-state index contributed by atoms with van der Waals surface area (Å²) in [5.41, 5.74) is 1.84. The minimum Gasteiger partial charge on any atom is -0.445 e. The number of benzene rings is 2. The number of hydrogen-bond acceptors (Lipinski definition) is 6. The molecule has 40 heavy (non-hydrogen) atoms. The van der Waals surface area contributed by atoms with Gasteiger partial charge in [0.15, 0.2) is 0 Å². The van der Waals surface area contributed by atoms with Gasteiger partial charge < -0.3 is 20.1 Å². The fourth-order valence-corrected chi connectivity index (χ4v) is 4.45. The lowest BCUT2D eigenvalue weighted by Crippen LogP contribution is -2.59. The largest absolute Gasteiger partial charge is 0.445 e. The Morgan fingerprint density at radius 1 is 0.800 bits per heavy atom. The van der Waals surface area contributed by atoms with Crippen molar-refractivity contribution in [3.63, 3.8) is 0 Å². The Labute approximate surface area is 235 Å². The molecule has 214 valence electrons. The first-order chi connectivity index (χ1) is 19.2. The second kappa shape index (κ2) is 14.7. The highest BCUT2D eigenvalue weighted by Gasteiger charge is 2.36. The predicted molar refractivity (Wildman–Crippen MR) is 149 cm³/mol. The molecule has 2 N–H and O–H groups in total. The van der Waals surface area contributed by atoms with Crippen LogP contribution in [-0.2, 0) is 32.3 Å². The maximum Gasteiger partial charge on any atom is 0.414 e. The molecular formula is C30H38N4O6. The van der Waals surface area contributed by atoms with Crippen molar-refractivity contribution in [3.8, 4) is 0 Å². The third kappa shape index (κ3) is 8.33. The molecule has 10 nitrogen and oxygen atoms in total. The molecule has 0 spiro atoms. The van der Waals surface area contributed by atoms with Crippen LogP contribution in [0.4, 0.5) is 9.59 Å². The molecule has 0 bridgehead atoms. The van der Waals surface area contributed by atoms with Gasteiger partial charge >= 0.3 is 12.2 Å². The summed E-state index contributed by atoms with van der Waals surface area (Å²) in [6.07, 6.45) is 2.05. The Kier molecular flexibility index (Phi) is 11.1. The first-order valence-electron chi connectivity index (χ1n) is 13.4. The lowest BCUT2D eigenvalue weighted by molar-refractivity contribution is -0.130. The standard InChI is InChI=1S/C15H20N2O3.C15H18N2O3/c2*1-11(2)13-14(18)16-8-9-17(13)15(19)20-10-12-6-4-3-5-7-12/h3-7,11,13H,8-10H2,1-2H3,(H,16,18);3-9,11,13H,10H2,1-2H3,(H,16,18)/t2*13-/m11/s1. The summed E-state index contributed by atoms with van der Waals surface area (Å²) < 4.78 is 10.6. The van der Waals surface area contributed by atoms with E-state index in [2.05, 4.69) is 10.6 Å². The van der Waals surface area contributed by atoms with Gasteiger partial charge in [-0.15, -0.1) is 0 Å². The number of amides is 4. The first kappa shape index (κ1) is 30.2. The minimum atomic E-state index is -0.539. The topological polar surface area (TPSA) is 117 Å². The number of ether oxygens (including phenoxy) is 2. The molecule has 0 aromatic heterocycles. The van der Waals surface area contributed by atoms with Gasteiger partial charge in [-0.2, -0.15) is 0 Å². The molecule has 0 radical (unpaired) electrons. The van der Waals surface area contributed by atoms with Crippen molar-refractivity contribution in [2.45, 2.75) is 53.0 Å². The van der Waals surface area contributed by atoms with Crippen molar-refractivity contribution < 1.29 is 28.7 Å². The Morgan fingerprint density at radius 3 is 1.85 bits per heavy atom. The molecular weight excluding hydrogens is 512 g/mol. The molecule has 2 aliphatic heterocycles. The van der Waals surface area contributed by atoms with Crippen LogP contribution in [0.15, 0.2) is 73.1 Å². The first-order valence-corrected chi connectivity index (χ1v) is 13.4. The zero-order valence-corrected chi connectivity index (χ0v) is 23.4. The number of carbonyl (C=O) groups excluding carboxylic acids is 4. The zero-order valence-electron chi connectivity index (χ0n) is 23.4. The molecule has 2 atom stereocenters. The molecule has 2 aromatic carbocycles. The summed E-state index contributed by atoms with van der Waals surface area (Å²) in [5.74, 6) is -0.245. The van der Waals surface area contributed by atoms with E-state index < -0.39 is 24.3 Å². The van der Waals surface area contributed by atoms with E-state index in [0.29, 0.717) is 13.1 Å². The van der Waals surface area contributed by atoms with E-state index in [4.69, 9.17) is 9.47 Å². The molecule has 1 fully saturated rings. The molecule has 10 heteroatoms. The summed E-state index contributed by atoms with van der Waals surface area (Å²) in [5, 5.41) is 5.39. The number of piperazine rings is 1. The second-order valence-electron chi connectivity index (χ2n) is 10.2. The molecule has 0 saturated carbocycles. The molecule has 4 rings (SSSR count). The van der Waals surface area contributed by atoms with Gasteiger partial charge in [-0.25, -0.2) is 9.59 Å². The molecule has 1 saturated heterocycles. The van der Waals surface area contributed by atoms with E-state index in [9.17, 15) is 19.2 Å². The maximum atomic E-state index is 12.2. The monoisotopic (exact) mass is 550 g/mol. The molecule has 0 unspecified atom stereocenters. The summed E-state index contributed by atoms with van der Waals surface area (Å²) in [6, 6.07) is 17.9. The minimum absolute atomic E-state index is 0.00391. The van der Waals surface area contributed by atoms with Gasteiger partial charge in [-0.1, -0.05) is 88.4 Å². The van der Waals surface area contributed by atoms with Gasteiger partial charge in [0.1, 0.15) is 25.3 Å². The van der Waals surface area contributed by atoms with E-state index in [-0.39, 0.29) is 36.9 Å². The second-order valence-corrected chi connectivity index (χ2v) is 10.2. The predicted octanol–water partition coefficient (Wildman–Crippen LogP) is 4.03. The average molecular weight is 551 g/mol. The van der Waals surface area contributed by atoms with E-state index in [1.165, 1.54) is 16.0 Å². The van der Waals surface area contributed by atoms with Crippen LogP contribution in [0.3, 0.4) is 0 Å². The van der Waals surface area contributed by atoms with Gasteiger partial charge in [0.2, 0.25) is 11.8 Å². The number of rotatable bonds is 6. The third-order valence-corrected chi connectivity index (χ3v) is 6.40. The van der Waals surface area contributed by atoms with Crippen molar-refractivity contribution in [3.05, 3.63) is 84.2 Å². The van der Waals surface area contributed by atoms with Crippen LogP contribution in [0.5, 0.6) is 0 Å². The summed E-state index contributed by atoms with van der Waals surface area (Å²) in [6.45, 7) is 9.01. The summed E-state index contributed by atoms with van der Waals surface area (Å²) >= 11 is 0. The maximum absolute atomic E-state index is 12.2. The van der Waals surface area contributed by atoms with Crippen molar-refractivity contribution in [2.24, 2.45) is 11.8 Å². The number of nitrogens with zero attached hydrogens (tertiary/aromatic N) is 2. The molecule has 2 aromatic rings. The number of nitrogens with one attached hydrogen (secondary N) is 2. The quantitative estimate of drug-likeness (QED) is 0.561. The SMILES string of the molecule is CC(C)[C@@H]1C(=O)NC=CN1C(=O)OCc1ccccc1.CC(C)[C@@H]1C(=O)NCCN1C(=O)OCc1ccccc1. The summed E-state index contributed by atoms with van der Waals surface area (Å²) in [7, 11) is 0. The zero-order chi connectivity index (χ0) is 29.1. The van der Waals surface area contributed by atoms with Crippen LogP contribution < -0.4 is 10.6 Å². The van der Waals surface area contributed by atoms with Crippen molar-refractivity contribution in [1.82, 2.24) is 20.4 Å². The van der Waals surface area contributed by atoms with Gasteiger partial charge in [0.25, 0.3) is 0 Å². The van der Waals surface area contributed by atoms with Gasteiger partial charge in [0, 0.05) is 25.5 Å². The molecule has 2 aliphatic rings. The Bertz CT molecular complexity index is 1170. The van der Waals surface area contributed by atoms with Crippen LogP contribution in [-0.4, -0.2) is 59.0 Å². The third-order valence-electron chi connectivity index (χ3n) is 6.40. The molecule has 4 amide bonds. The van der Waals surface area contributed by atoms with Gasteiger partial charge in [-0.3, -0.25) is 19.4 Å². The van der Waals surface area contributed by atoms with E-state index in [1.54, 1.807) is 6.20 Å². The number of hydrogen-bond donors (Lipinski definition) is 2.